The lowest BCUT2D eigenvalue weighted by Crippen LogP contribution is -2.00. The van der Waals surface area contributed by atoms with E-state index in [1.165, 1.54) is 12.3 Å². The maximum atomic E-state index is 11.0. The summed E-state index contributed by atoms with van der Waals surface area (Å²) in [6, 6.07) is 6.94. The number of aryl methyl sites for hydroxylation is 1. The molecule has 1 aromatic carbocycles. The van der Waals surface area contributed by atoms with Gasteiger partial charge in [-0.2, -0.15) is 0 Å². The van der Waals surface area contributed by atoms with Crippen LogP contribution in [0, 0.1) is 13.8 Å². The van der Waals surface area contributed by atoms with Crippen molar-refractivity contribution < 1.29 is 14.6 Å². The molecule has 0 radical (unpaired) electrons. The van der Waals surface area contributed by atoms with Gasteiger partial charge >= 0.3 is 5.97 Å². The highest BCUT2D eigenvalue weighted by Gasteiger charge is 2.15. The Kier molecular flexibility index (Phi) is 3.71. The van der Waals surface area contributed by atoms with Crippen molar-refractivity contribution in [2.24, 2.45) is 0 Å². The normalized spacial score (nSPS) is 10.3. The van der Waals surface area contributed by atoms with E-state index in [0.29, 0.717) is 5.75 Å². The van der Waals surface area contributed by atoms with Gasteiger partial charge in [-0.3, -0.25) is 0 Å². The number of carbonyl (C=O) groups is 1. The highest BCUT2D eigenvalue weighted by molar-refractivity contribution is 6.34. The van der Waals surface area contributed by atoms with Gasteiger partial charge in [0, 0.05) is 6.20 Å². The van der Waals surface area contributed by atoms with Crippen LogP contribution in [-0.2, 0) is 0 Å². The first-order valence-electron chi connectivity index (χ1n) is 5.62. The number of pyridine rings is 1. The number of ether oxygens (including phenoxy) is 1. The molecule has 0 aliphatic carbocycles. The zero-order chi connectivity index (χ0) is 14.0. The molecular formula is C14H12ClNO3. The minimum atomic E-state index is -1.11. The molecule has 0 atom stereocenters. The summed E-state index contributed by atoms with van der Waals surface area (Å²) in [5.41, 5.74) is 2.00. The first-order chi connectivity index (χ1) is 9.00. The van der Waals surface area contributed by atoms with Crippen LogP contribution in [0.1, 0.15) is 21.5 Å². The van der Waals surface area contributed by atoms with Crippen molar-refractivity contribution >= 4 is 17.6 Å². The summed E-state index contributed by atoms with van der Waals surface area (Å²) in [6.45, 7) is 3.88. The van der Waals surface area contributed by atoms with Crippen molar-refractivity contribution in [3.05, 3.63) is 52.2 Å². The average molecular weight is 278 g/mol. The number of nitrogens with zero attached hydrogens (tertiary/aromatic N) is 1. The van der Waals surface area contributed by atoms with Gasteiger partial charge in [-0.15, -0.1) is 0 Å². The second-order valence-electron chi connectivity index (χ2n) is 4.08. The van der Waals surface area contributed by atoms with Gasteiger partial charge in [0.25, 0.3) is 0 Å². The lowest BCUT2D eigenvalue weighted by Gasteiger charge is -2.11. The van der Waals surface area contributed by atoms with Crippen LogP contribution >= 0.6 is 11.6 Å². The molecule has 0 saturated heterocycles. The molecule has 4 nitrogen and oxygen atoms in total. The van der Waals surface area contributed by atoms with Crippen molar-refractivity contribution in [2.75, 3.05) is 0 Å². The van der Waals surface area contributed by atoms with Crippen LogP contribution in [0.25, 0.3) is 0 Å². The Hall–Kier alpha value is -2.07. The highest BCUT2D eigenvalue weighted by Crippen LogP contribution is 2.32. The van der Waals surface area contributed by atoms with Gasteiger partial charge in [0.2, 0.25) is 5.88 Å². The second kappa shape index (κ2) is 5.28. The Morgan fingerprint density at radius 1 is 1.32 bits per heavy atom. The van der Waals surface area contributed by atoms with Gasteiger partial charge < -0.3 is 9.84 Å². The van der Waals surface area contributed by atoms with Gasteiger partial charge in [-0.25, -0.2) is 9.78 Å². The maximum Gasteiger partial charge on any atom is 0.337 e. The van der Waals surface area contributed by atoms with E-state index < -0.39 is 5.97 Å². The minimum Gasteiger partial charge on any atom is -0.478 e. The zero-order valence-electron chi connectivity index (χ0n) is 10.5. The molecular weight excluding hydrogens is 266 g/mol. The Morgan fingerprint density at radius 2 is 2.05 bits per heavy atom. The lowest BCUT2D eigenvalue weighted by atomic mass is 10.1. The molecule has 19 heavy (non-hydrogen) atoms. The van der Waals surface area contributed by atoms with E-state index in [9.17, 15) is 4.79 Å². The lowest BCUT2D eigenvalue weighted by molar-refractivity contribution is 0.0696. The van der Waals surface area contributed by atoms with Gasteiger partial charge in [0.15, 0.2) is 0 Å². The third kappa shape index (κ3) is 2.69. The number of benzene rings is 1. The molecule has 98 valence electrons. The van der Waals surface area contributed by atoms with Gasteiger partial charge in [-0.05, 0) is 37.1 Å². The molecule has 5 heteroatoms. The summed E-state index contributed by atoms with van der Waals surface area (Å²) in [5, 5.41) is 8.98. The van der Waals surface area contributed by atoms with E-state index in [1.807, 2.05) is 26.0 Å². The fourth-order valence-corrected chi connectivity index (χ4v) is 1.83. The molecule has 0 aliphatic rings. The SMILES string of the molecule is Cc1cccc(Oc2nccc(C(=O)O)c2Cl)c1C. The van der Waals surface area contributed by atoms with E-state index in [-0.39, 0.29) is 16.5 Å². The van der Waals surface area contributed by atoms with Gasteiger partial charge in [0.05, 0.1) is 5.56 Å². The first-order valence-corrected chi connectivity index (χ1v) is 6.00. The standard InChI is InChI=1S/C14H12ClNO3/c1-8-4-3-5-11(9(8)2)19-13-12(15)10(14(17)18)6-7-16-13/h3-7H,1-2H3,(H,17,18). The van der Waals surface area contributed by atoms with Crippen LogP contribution in [0.5, 0.6) is 11.6 Å². The molecule has 0 amide bonds. The van der Waals surface area contributed by atoms with Crippen LogP contribution in [0.4, 0.5) is 0 Å². The molecule has 0 bridgehead atoms. The quantitative estimate of drug-likeness (QED) is 0.926. The number of carboxylic acids is 1. The van der Waals surface area contributed by atoms with E-state index in [2.05, 4.69) is 4.98 Å². The van der Waals surface area contributed by atoms with Gasteiger partial charge in [0.1, 0.15) is 10.8 Å². The third-order valence-electron chi connectivity index (χ3n) is 2.85. The summed E-state index contributed by atoms with van der Waals surface area (Å²) in [7, 11) is 0. The minimum absolute atomic E-state index is 0.00379. The number of halogens is 1. The number of aromatic carboxylic acids is 1. The van der Waals surface area contributed by atoms with Crippen molar-refractivity contribution in [3.63, 3.8) is 0 Å². The molecule has 0 unspecified atom stereocenters. The smallest absolute Gasteiger partial charge is 0.337 e. The number of carboxylic acid groups (broad SMARTS) is 1. The molecule has 0 fully saturated rings. The molecule has 0 saturated carbocycles. The van der Waals surface area contributed by atoms with Crippen LogP contribution in [0.2, 0.25) is 5.02 Å². The van der Waals surface area contributed by atoms with E-state index >= 15 is 0 Å². The summed E-state index contributed by atoms with van der Waals surface area (Å²) in [4.78, 5) is 14.9. The van der Waals surface area contributed by atoms with E-state index in [4.69, 9.17) is 21.4 Å². The fourth-order valence-electron chi connectivity index (χ4n) is 1.60. The topological polar surface area (TPSA) is 59.4 Å². The average Bonchev–Trinajstić information content (AvgIpc) is 2.37. The molecule has 1 N–H and O–H groups in total. The van der Waals surface area contributed by atoms with Crippen molar-refractivity contribution in [3.8, 4) is 11.6 Å². The number of aromatic nitrogens is 1. The Bertz CT molecular complexity index is 641. The number of rotatable bonds is 3. The second-order valence-corrected chi connectivity index (χ2v) is 4.46. The highest BCUT2D eigenvalue weighted by atomic mass is 35.5. The fraction of sp³-hybridized carbons (Fsp3) is 0.143. The molecule has 0 aliphatic heterocycles. The van der Waals surface area contributed by atoms with Crippen molar-refractivity contribution in [2.45, 2.75) is 13.8 Å². The van der Waals surface area contributed by atoms with Crippen molar-refractivity contribution in [1.29, 1.82) is 0 Å². The van der Waals surface area contributed by atoms with Crippen LogP contribution in [0.15, 0.2) is 30.5 Å². The predicted molar refractivity (Wildman–Crippen MR) is 72.2 cm³/mol. The Labute approximate surface area is 115 Å². The van der Waals surface area contributed by atoms with Crippen molar-refractivity contribution in [1.82, 2.24) is 4.98 Å². The predicted octanol–water partition coefficient (Wildman–Crippen LogP) is 3.84. The van der Waals surface area contributed by atoms with Crippen LogP contribution in [0.3, 0.4) is 0 Å². The maximum absolute atomic E-state index is 11.0. The molecule has 1 heterocycles. The summed E-state index contributed by atoms with van der Waals surface area (Å²) < 4.78 is 5.61. The molecule has 2 aromatic rings. The summed E-state index contributed by atoms with van der Waals surface area (Å²) in [6.07, 6.45) is 1.36. The summed E-state index contributed by atoms with van der Waals surface area (Å²) in [5.74, 6) is -0.412. The van der Waals surface area contributed by atoms with Crippen LogP contribution in [-0.4, -0.2) is 16.1 Å². The van der Waals surface area contributed by atoms with Gasteiger partial charge in [-0.1, -0.05) is 23.7 Å². The van der Waals surface area contributed by atoms with E-state index in [0.717, 1.165) is 11.1 Å². The number of hydrogen-bond donors (Lipinski definition) is 1. The van der Waals surface area contributed by atoms with E-state index in [1.54, 1.807) is 6.07 Å². The molecule has 2 rings (SSSR count). The largest absolute Gasteiger partial charge is 0.478 e. The molecule has 1 aromatic heterocycles. The summed E-state index contributed by atoms with van der Waals surface area (Å²) >= 11 is 5.98. The molecule has 0 spiro atoms. The third-order valence-corrected chi connectivity index (χ3v) is 3.21. The number of hydrogen-bond acceptors (Lipinski definition) is 3. The Balaban J connectivity index is 2.42. The first kappa shape index (κ1) is 13.4. The monoisotopic (exact) mass is 277 g/mol. The van der Waals surface area contributed by atoms with Crippen LogP contribution < -0.4 is 4.74 Å². The zero-order valence-corrected chi connectivity index (χ0v) is 11.2. The Morgan fingerprint density at radius 3 is 2.74 bits per heavy atom.